The van der Waals surface area contributed by atoms with Crippen LogP contribution in [0.4, 0.5) is 0 Å². The van der Waals surface area contributed by atoms with Crippen LogP contribution in [0.15, 0.2) is 22.7 Å². The van der Waals surface area contributed by atoms with E-state index in [4.69, 9.17) is 0 Å². The van der Waals surface area contributed by atoms with Crippen molar-refractivity contribution in [3.63, 3.8) is 0 Å². The van der Waals surface area contributed by atoms with Crippen LogP contribution in [0.2, 0.25) is 0 Å². The van der Waals surface area contributed by atoms with E-state index in [2.05, 4.69) is 72.5 Å². The molecule has 18 heavy (non-hydrogen) atoms. The molecule has 2 N–H and O–H groups in total. The average Bonchev–Trinajstić information content (AvgIpc) is 2.24. The quantitative estimate of drug-likeness (QED) is 0.784. The number of hydrogen-bond donors (Lipinski definition) is 2. The van der Waals surface area contributed by atoms with Gasteiger partial charge in [-0.2, -0.15) is 0 Å². The first-order valence-corrected chi connectivity index (χ1v) is 7.38. The molecule has 1 aromatic rings. The monoisotopic (exact) mass is 312 g/mol. The zero-order valence-electron chi connectivity index (χ0n) is 11.9. The first-order chi connectivity index (χ1) is 8.38. The molecule has 0 amide bonds. The smallest absolute Gasteiger partial charge is 0.0208 e. The topological polar surface area (TPSA) is 24.1 Å². The highest BCUT2D eigenvalue weighted by Crippen LogP contribution is 2.15. The summed E-state index contributed by atoms with van der Waals surface area (Å²) in [4.78, 5) is 0. The second-order valence-electron chi connectivity index (χ2n) is 5.78. The summed E-state index contributed by atoms with van der Waals surface area (Å²) >= 11 is 3.49. The predicted molar refractivity (Wildman–Crippen MR) is 83.0 cm³/mol. The lowest BCUT2D eigenvalue weighted by Crippen LogP contribution is -2.37. The number of benzene rings is 1. The van der Waals surface area contributed by atoms with E-state index in [1.807, 2.05) is 0 Å². The van der Waals surface area contributed by atoms with Gasteiger partial charge in [-0.05, 0) is 70.5 Å². The van der Waals surface area contributed by atoms with Crippen LogP contribution in [-0.2, 0) is 6.54 Å². The van der Waals surface area contributed by atoms with Gasteiger partial charge in [0.2, 0.25) is 0 Å². The number of aryl methyl sites for hydroxylation is 1. The van der Waals surface area contributed by atoms with Crippen molar-refractivity contribution in [3.8, 4) is 0 Å². The molecule has 0 aliphatic carbocycles. The highest BCUT2D eigenvalue weighted by atomic mass is 79.9. The Kier molecular flexibility index (Phi) is 6.33. The lowest BCUT2D eigenvalue weighted by molar-refractivity contribution is 0.418. The van der Waals surface area contributed by atoms with Crippen molar-refractivity contribution >= 4 is 15.9 Å². The first-order valence-electron chi connectivity index (χ1n) is 6.59. The van der Waals surface area contributed by atoms with Gasteiger partial charge < -0.3 is 10.6 Å². The molecule has 2 nitrogen and oxygen atoms in total. The average molecular weight is 313 g/mol. The molecular weight excluding hydrogens is 288 g/mol. The third-order valence-electron chi connectivity index (χ3n) is 2.81. The Morgan fingerprint density at radius 1 is 1.17 bits per heavy atom. The lowest BCUT2D eigenvalue weighted by atomic mass is 10.1. The molecule has 1 rings (SSSR count). The maximum atomic E-state index is 3.49. The van der Waals surface area contributed by atoms with E-state index in [1.165, 1.54) is 11.1 Å². The van der Waals surface area contributed by atoms with Gasteiger partial charge in [-0.1, -0.05) is 22.0 Å². The van der Waals surface area contributed by atoms with E-state index < -0.39 is 0 Å². The SMILES string of the molecule is Cc1cc(Br)ccc1CNCCCNC(C)(C)C. The van der Waals surface area contributed by atoms with Gasteiger partial charge in [0.15, 0.2) is 0 Å². The summed E-state index contributed by atoms with van der Waals surface area (Å²) in [5, 5.41) is 6.99. The Labute approximate surface area is 120 Å². The van der Waals surface area contributed by atoms with E-state index in [1.54, 1.807) is 0 Å². The molecule has 0 heterocycles. The van der Waals surface area contributed by atoms with Crippen LogP contribution in [0.1, 0.15) is 38.3 Å². The maximum absolute atomic E-state index is 3.49. The van der Waals surface area contributed by atoms with Gasteiger partial charge in [0.25, 0.3) is 0 Å². The Morgan fingerprint density at radius 2 is 1.89 bits per heavy atom. The van der Waals surface area contributed by atoms with Crippen molar-refractivity contribution in [2.75, 3.05) is 13.1 Å². The van der Waals surface area contributed by atoms with Gasteiger partial charge in [-0.25, -0.2) is 0 Å². The summed E-state index contributed by atoms with van der Waals surface area (Å²) in [7, 11) is 0. The van der Waals surface area contributed by atoms with Gasteiger partial charge >= 0.3 is 0 Å². The minimum absolute atomic E-state index is 0.224. The Morgan fingerprint density at radius 3 is 2.50 bits per heavy atom. The van der Waals surface area contributed by atoms with Crippen molar-refractivity contribution in [3.05, 3.63) is 33.8 Å². The molecule has 1 aromatic carbocycles. The summed E-state index contributed by atoms with van der Waals surface area (Å²) in [5.41, 5.74) is 2.94. The Balaban J connectivity index is 2.18. The molecule has 0 atom stereocenters. The van der Waals surface area contributed by atoms with Crippen LogP contribution in [-0.4, -0.2) is 18.6 Å². The fraction of sp³-hybridized carbons (Fsp3) is 0.600. The number of halogens is 1. The van der Waals surface area contributed by atoms with Crippen LogP contribution >= 0.6 is 15.9 Å². The zero-order chi connectivity index (χ0) is 13.6. The minimum atomic E-state index is 0.224. The molecule has 0 saturated heterocycles. The van der Waals surface area contributed by atoms with Gasteiger partial charge in [-0.3, -0.25) is 0 Å². The normalized spacial score (nSPS) is 11.8. The van der Waals surface area contributed by atoms with Crippen LogP contribution in [0.3, 0.4) is 0 Å². The van der Waals surface area contributed by atoms with Crippen LogP contribution in [0.5, 0.6) is 0 Å². The van der Waals surface area contributed by atoms with Crippen LogP contribution in [0, 0.1) is 6.92 Å². The largest absolute Gasteiger partial charge is 0.313 e. The molecule has 0 aromatic heterocycles. The molecule has 102 valence electrons. The van der Waals surface area contributed by atoms with Crippen LogP contribution < -0.4 is 10.6 Å². The fourth-order valence-electron chi connectivity index (χ4n) is 1.76. The van der Waals surface area contributed by atoms with Crippen molar-refractivity contribution in [2.24, 2.45) is 0 Å². The molecular formula is C15H25BrN2. The van der Waals surface area contributed by atoms with Crippen molar-refractivity contribution in [1.29, 1.82) is 0 Å². The third-order valence-corrected chi connectivity index (χ3v) is 3.30. The summed E-state index contributed by atoms with van der Waals surface area (Å²) < 4.78 is 1.15. The second-order valence-corrected chi connectivity index (χ2v) is 6.69. The molecule has 0 saturated carbocycles. The van der Waals surface area contributed by atoms with Crippen LogP contribution in [0.25, 0.3) is 0 Å². The van der Waals surface area contributed by atoms with E-state index in [-0.39, 0.29) is 5.54 Å². The summed E-state index contributed by atoms with van der Waals surface area (Å²) in [5.74, 6) is 0. The molecule has 0 aliphatic heterocycles. The molecule has 0 fully saturated rings. The molecule has 0 spiro atoms. The predicted octanol–water partition coefficient (Wildman–Crippen LogP) is 3.63. The Hall–Kier alpha value is -0.380. The maximum Gasteiger partial charge on any atom is 0.0208 e. The summed E-state index contributed by atoms with van der Waals surface area (Å²) in [6.45, 7) is 11.8. The number of hydrogen-bond acceptors (Lipinski definition) is 2. The van der Waals surface area contributed by atoms with Gasteiger partial charge in [0, 0.05) is 16.6 Å². The number of nitrogens with one attached hydrogen (secondary N) is 2. The highest BCUT2D eigenvalue weighted by Gasteiger charge is 2.06. The van der Waals surface area contributed by atoms with Gasteiger partial charge in [0.05, 0.1) is 0 Å². The number of rotatable bonds is 6. The van der Waals surface area contributed by atoms with Crippen molar-refractivity contribution in [2.45, 2.75) is 46.2 Å². The molecule has 0 aliphatic rings. The van der Waals surface area contributed by atoms with Gasteiger partial charge in [-0.15, -0.1) is 0 Å². The van der Waals surface area contributed by atoms with E-state index in [0.29, 0.717) is 0 Å². The molecule has 3 heteroatoms. The minimum Gasteiger partial charge on any atom is -0.313 e. The molecule has 0 unspecified atom stereocenters. The lowest BCUT2D eigenvalue weighted by Gasteiger charge is -2.20. The second kappa shape index (κ2) is 7.27. The highest BCUT2D eigenvalue weighted by molar-refractivity contribution is 9.10. The standard InChI is InChI=1S/C15H25BrN2/c1-12-10-14(16)7-6-13(12)11-17-8-5-9-18-15(2,3)4/h6-7,10,17-18H,5,8-9,11H2,1-4H3. The van der Waals surface area contributed by atoms with Crippen molar-refractivity contribution < 1.29 is 0 Å². The Bertz CT molecular complexity index is 369. The van der Waals surface area contributed by atoms with E-state index in [9.17, 15) is 0 Å². The molecule has 0 bridgehead atoms. The molecule has 0 radical (unpaired) electrons. The van der Waals surface area contributed by atoms with E-state index >= 15 is 0 Å². The first kappa shape index (κ1) is 15.7. The van der Waals surface area contributed by atoms with E-state index in [0.717, 1.165) is 30.5 Å². The van der Waals surface area contributed by atoms with Crippen molar-refractivity contribution in [1.82, 2.24) is 10.6 Å². The van der Waals surface area contributed by atoms with Gasteiger partial charge in [0.1, 0.15) is 0 Å². The fourth-order valence-corrected chi connectivity index (χ4v) is 2.23. The zero-order valence-corrected chi connectivity index (χ0v) is 13.5. The summed E-state index contributed by atoms with van der Waals surface area (Å²) in [6, 6.07) is 6.45. The third kappa shape index (κ3) is 6.53. The summed E-state index contributed by atoms with van der Waals surface area (Å²) in [6.07, 6.45) is 1.16.